The quantitative estimate of drug-likeness (QED) is 0.302. The number of nitrogens with one attached hydrogen (secondary N) is 3. The van der Waals surface area contributed by atoms with Gasteiger partial charge < -0.3 is 16.0 Å². The van der Waals surface area contributed by atoms with Gasteiger partial charge in [0, 0.05) is 28.3 Å². The van der Waals surface area contributed by atoms with Gasteiger partial charge in [-0.1, -0.05) is 48.5 Å². The zero-order valence-corrected chi connectivity index (χ0v) is 14.7. The molecule has 0 bridgehead atoms. The molecule has 0 atom stereocenters. The van der Waals surface area contributed by atoms with Crippen LogP contribution in [0.3, 0.4) is 0 Å². The molecule has 0 fully saturated rings. The Bertz CT molecular complexity index is 1070. The molecule has 0 radical (unpaired) electrons. The van der Waals surface area contributed by atoms with Crippen LogP contribution in [-0.2, 0) is 0 Å². The predicted molar refractivity (Wildman–Crippen MR) is 115 cm³/mol. The zero-order chi connectivity index (χ0) is 18.1. The molecule has 0 saturated carbocycles. The van der Waals surface area contributed by atoms with Crippen molar-refractivity contribution >= 4 is 34.1 Å². The number of fused-ring (bicyclic) bond motifs is 1. The standard InChI is InChI=1S/C24H19N3/c1-3-7-17(8-4-1)22-15-21(16-23-24(22)27-23)26-20-13-11-19(12-14-20)25-18-9-5-2-6-10-18/h1-16,25-27H. The summed E-state index contributed by atoms with van der Waals surface area (Å²) in [7, 11) is 0. The molecule has 0 amide bonds. The van der Waals surface area contributed by atoms with E-state index in [0.717, 1.165) is 22.7 Å². The second-order valence-electron chi connectivity index (χ2n) is 6.63. The predicted octanol–water partition coefficient (Wildman–Crippen LogP) is 6.90. The Morgan fingerprint density at radius 1 is 0.519 bits per heavy atom. The maximum atomic E-state index is 3.51. The molecule has 1 heterocycles. The number of rotatable bonds is 5. The molecule has 0 aliphatic carbocycles. The fourth-order valence-corrected chi connectivity index (χ4v) is 3.26. The van der Waals surface area contributed by atoms with Gasteiger partial charge in [-0.25, -0.2) is 0 Å². The SMILES string of the molecule is c1ccc(Nc2ccc(Nc3cc4c(c(-c5ccccc5)c3)N4)cc2)cc1. The summed E-state index contributed by atoms with van der Waals surface area (Å²) < 4.78 is 0. The smallest absolute Gasteiger partial charge is 0.0705 e. The lowest BCUT2D eigenvalue weighted by atomic mass is 10.1. The first-order chi connectivity index (χ1) is 13.3. The zero-order valence-electron chi connectivity index (χ0n) is 14.7. The lowest BCUT2D eigenvalue weighted by Gasteiger charge is -2.10. The highest BCUT2D eigenvalue weighted by atomic mass is 15.0. The molecule has 1 aliphatic heterocycles. The first kappa shape index (κ1) is 15.5. The molecule has 0 aromatic heterocycles. The molecule has 27 heavy (non-hydrogen) atoms. The summed E-state index contributed by atoms with van der Waals surface area (Å²) in [6, 6.07) is 33.4. The summed E-state index contributed by atoms with van der Waals surface area (Å²) in [5.74, 6) is 0. The molecule has 5 rings (SSSR count). The fourth-order valence-electron chi connectivity index (χ4n) is 3.26. The highest BCUT2D eigenvalue weighted by molar-refractivity contribution is 6.04. The monoisotopic (exact) mass is 349 g/mol. The van der Waals surface area contributed by atoms with Crippen molar-refractivity contribution in [2.45, 2.75) is 0 Å². The second kappa shape index (κ2) is 6.54. The highest BCUT2D eigenvalue weighted by Gasteiger charge is 2.22. The summed E-state index contributed by atoms with van der Waals surface area (Å²) in [4.78, 5) is 0. The van der Waals surface area contributed by atoms with Crippen molar-refractivity contribution in [1.82, 2.24) is 0 Å². The van der Waals surface area contributed by atoms with Crippen molar-refractivity contribution in [3.63, 3.8) is 0 Å². The molecular weight excluding hydrogens is 330 g/mol. The van der Waals surface area contributed by atoms with Crippen LogP contribution in [0.15, 0.2) is 97.1 Å². The van der Waals surface area contributed by atoms with Gasteiger partial charge in [-0.3, -0.25) is 0 Å². The van der Waals surface area contributed by atoms with Gasteiger partial charge in [-0.15, -0.1) is 0 Å². The summed E-state index contributed by atoms with van der Waals surface area (Å²) in [5.41, 5.74) is 9.19. The largest absolute Gasteiger partial charge is 0.356 e. The van der Waals surface area contributed by atoms with E-state index in [0.29, 0.717) is 0 Å². The highest BCUT2D eigenvalue weighted by Crippen LogP contribution is 2.49. The second-order valence-corrected chi connectivity index (χ2v) is 6.63. The van der Waals surface area contributed by atoms with E-state index in [4.69, 9.17) is 0 Å². The molecule has 0 saturated heterocycles. The Kier molecular flexibility index (Phi) is 3.76. The Hall–Kier alpha value is -3.72. The Morgan fingerprint density at radius 3 is 1.74 bits per heavy atom. The lowest BCUT2D eigenvalue weighted by molar-refractivity contribution is 1.52. The third kappa shape index (κ3) is 3.35. The van der Waals surface area contributed by atoms with Crippen LogP contribution >= 0.6 is 0 Å². The first-order valence-corrected chi connectivity index (χ1v) is 9.05. The minimum atomic E-state index is 1.06. The normalized spacial score (nSPS) is 11.3. The van der Waals surface area contributed by atoms with Gasteiger partial charge in [0.25, 0.3) is 0 Å². The van der Waals surface area contributed by atoms with E-state index in [2.05, 4.69) is 88.7 Å². The molecule has 130 valence electrons. The minimum absolute atomic E-state index is 1.06. The third-order valence-electron chi connectivity index (χ3n) is 4.66. The number of hydrogen-bond donors (Lipinski definition) is 3. The van der Waals surface area contributed by atoms with Gasteiger partial charge in [-0.2, -0.15) is 0 Å². The van der Waals surface area contributed by atoms with Crippen LogP contribution in [0.25, 0.3) is 11.1 Å². The average Bonchev–Trinajstić information content (AvgIpc) is 3.50. The molecule has 4 aromatic carbocycles. The van der Waals surface area contributed by atoms with Crippen LogP contribution < -0.4 is 16.0 Å². The van der Waals surface area contributed by atoms with Gasteiger partial charge >= 0.3 is 0 Å². The molecule has 0 spiro atoms. The van der Waals surface area contributed by atoms with E-state index in [1.807, 2.05) is 24.3 Å². The summed E-state index contributed by atoms with van der Waals surface area (Å²) in [5, 5.41) is 10.3. The summed E-state index contributed by atoms with van der Waals surface area (Å²) in [6.07, 6.45) is 0. The lowest BCUT2D eigenvalue weighted by Crippen LogP contribution is -1.92. The van der Waals surface area contributed by atoms with Crippen LogP contribution in [0, 0.1) is 0 Å². The van der Waals surface area contributed by atoms with E-state index >= 15 is 0 Å². The number of para-hydroxylation sites is 1. The Labute approximate surface area is 158 Å². The van der Waals surface area contributed by atoms with Crippen molar-refractivity contribution in [2.24, 2.45) is 0 Å². The maximum absolute atomic E-state index is 3.51. The first-order valence-electron chi connectivity index (χ1n) is 9.05. The molecule has 0 unspecified atom stereocenters. The van der Waals surface area contributed by atoms with Gasteiger partial charge in [-0.05, 0) is 54.1 Å². The van der Waals surface area contributed by atoms with Crippen LogP contribution in [0.2, 0.25) is 0 Å². The van der Waals surface area contributed by atoms with Gasteiger partial charge in [0.15, 0.2) is 0 Å². The van der Waals surface area contributed by atoms with Gasteiger partial charge in [0.05, 0.1) is 11.4 Å². The fraction of sp³-hybridized carbons (Fsp3) is 0. The summed E-state index contributed by atoms with van der Waals surface area (Å²) >= 11 is 0. The molecular formula is C24H19N3. The van der Waals surface area contributed by atoms with E-state index in [1.54, 1.807) is 0 Å². The van der Waals surface area contributed by atoms with Crippen molar-refractivity contribution in [2.75, 3.05) is 16.0 Å². The Morgan fingerprint density at radius 2 is 1.07 bits per heavy atom. The van der Waals surface area contributed by atoms with E-state index in [-0.39, 0.29) is 0 Å². The molecule has 3 nitrogen and oxygen atoms in total. The van der Waals surface area contributed by atoms with Crippen LogP contribution in [0.1, 0.15) is 0 Å². The number of benzene rings is 4. The Balaban J connectivity index is 1.35. The van der Waals surface area contributed by atoms with Crippen LogP contribution in [0.4, 0.5) is 34.1 Å². The van der Waals surface area contributed by atoms with Gasteiger partial charge in [0.2, 0.25) is 0 Å². The maximum Gasteiger partial charge on any atom is 0.0705 e. The summed E-state index contributed by atoms with van der Waals surface area (Å²) in [6.45, 7) is 0. The van der Waals surface area contributed by atoms with Crippen molar-refractivity contribution in [1.29, 1.82) is 0 Å². The van der Waals surface area contributed by atoms with Gasteiger partial charge in [0.1, 0.15) is 0 Å². The third-order valence-corrected chi connectivity index (χ3v) is 4.66. The van der Waals surface area contributed by atoms with Crippen molar-refractivity contribution in [3.8, 4) is 11.1 Å². The molecule has 3 heteroatoms. The molecule has 1 aliphatic rings. The van der Waals surface area contributed by atoms with E-state index < -0.39 is 0 Å². The van der Waals surface area contributed by atoms with Crippen molar-refractivity contribution in [3.05, 3.63) is 97.1 Å². The average molecular weight is 349 g/mol. The topological polar surface area (TPSA) is 46.0 Å². The van der Waals surface area contributed by atoms with E-state index in [9.17, 15) is 0 Å². The molecule has 4 aromatic rings. The number of hydrogen-bond acceptors (Lipinski definition) is 3. The number of anilines is 6. The van der Waals surface area contributed by atoms with Crippen LogP contribution in [-0.4, -0.2) is 0 Å². The van der Waals surface area contributed by atoms with Crippen molar-refractivity contribution < 1.29 is 0 Å². The van der Waals surface area contributed by atoms with E-state index in [1.165, 1.54) is 22.5 Å². The minimum Gasteiger partial charge on any atom is -0.356 e. The molecule has 3 N–H and O–H groups in total. The van der Waals surface area contributed by atoms with Crippen LogP contribution in [0.5, 0.6) is 0 Å².